The van der Waals surface area contributed by atoms with Gasteiger partial charge in [0.05, 0.1) is 12.2 Å². The summed E-state index contributed by atoms with van der Waals surface area (Å²) in [5.41, 5.74) is 0.360. The van der Waals surface area contributed by atoms with Gasteiger partial charge in [-0.3, -0.25) is 0 Å². The average molecular weight is 240 g/mol. The van der Waals surface area contributed by atoms with Gasteiger partial charge >= 0.3 is 0 Å². The van der Waals surface area contributed by atoms with Crippen molar-refractivity contribution in [1.82, 2.24) is 10.2 Å². The Morgan fingerprint density at radius 3 is 2.12 bits per heavy atom. The van der Waals surface area contributed by atoms with E-state index in [0.717, 1.165) is 6.04 Å². The Bertz CT molecular complexity index is 239. The summed E-state index contributed by atoms with van der Waals surface area (Å²) in [6.07, 6.45) is 5.82. The maximum absolute atomic E-state index is 5.83. The molecule has 2 heterocycles. The van der Waals surface area contributed by atoms with Crippen LogP contribution in [0.2, 0.25) is 0 Å². The molecular weight excluding hydrogens is 212 g/mol. The van der Waals surface area contributed by atoms with Gasteiger partial charge in [0.25, 0.3) is 0 Å². The number of likely N-dealkylation sites (tertiary alicyclic amines) is 1. The number of hydrogen-bond acceptors (Lipinski definition) is 3. The molecule has 17 heavy (non-hydrogen) atoms. The van der Waals surface area contributed by atoms with Crippen LogP contribution in [0.1, 0.15) is 46.5 Å². The zero-order valence-corrected chi connectivity index (χ0v) is 11.8. The van der Waals surface area contributed by atoms with Gasteiger partial charge in [0.15, 0.2) is 0 Å². The lowest BCUT2D eigenvalue weighted by Gasteiger charge is -2.45. The molecule has 3 nitrogen and oxygen atoms in total. The summed E-state index contributed by atoms with van der Waals surface area (Å²) in [6.45, 7) is 9.25. The van der Waals surface area contributed by atoms with Crippen LogP contribution >= 0.6 is 0 Å². The molecule has 0 spiro atoms. The first-order valence-electron chi connectivity index (χ1n) is 7.11. The van der Waals surface area contributed by atoms with Gasteiger partial charge in [-0.2, -0.15) is 0 Å². The molecule has 2 saturated heterocycles. The van der Waals surface area contributed by atoms with E-state index in [1.54, 1.807) is 0 Å². The first-order chi connectivity index (χ1) is 8.02. The molecule has 1 N–H and O–H groups in total. The predicted octanol–water partition coefficient (Wildman–Crippen LogP) is 2.02. The van der Waals surface area contributed by atoms with Gasteiger partial charge < -0.3 is 15.0 Å². The maximum atomic E-state index is 5.83. The topological polar surface area (TPSA) is 24.5 Å². The Labute approximate surface area is 106 Å². The molecule has 2 aliphatic rings. The van der Waals surface area contributed by atoms with Gasteiger partial charge in [0.2, 0.25) is 0 Å². The largest absolute Gasteiger partial charge is 0.375 e. The average Bonchev–Trinajstić information content (AvgIpc) is 2.29. The summed E-state index contributed by atoms with van der Waals surface area (Å²) in [5, 5.41) is 3.47. The van der Waals surface area contributed by atoms with E-state index in [-0.39, 0.29) is 0 Å². The SMILES string of the molecule is CNC1(C)CCN(C2CC(C)OC(C)C2)CC1. The van der Waals surface area contributed by atoms with E-state index in [9.17, 15) is 0 Å². The summed E-state index contributed by atoms with van der Waals surface area (Å²) in [5.74, 6) is 0. The fourth-order valence-corrected chi connectivity index (χ4v) is 3.30. The predicted molar refractivity (Wildman–Crippen MR) is 71.3 cm³/mol. The number of nitrogens with zero attached hydrogens (tertiary/aromatic N) is 1. The first kappa shape index (κ1) is 13.3. The summed E-state index contributed by atoms with van der Waals surface area (Å²) >= 11 is 0. The molecule has 2 atom stereocenters. The molecule has 2 aliphatic heterocycles. The van der Waals surface area contributed by atoms with E-state index < -0.39 is 0 Å². The minimum Gasteiger partial charge on any atom is -0.375 e. The Morgan fingerprint density at radius 1 is 1.12 bits per heavy atom. The zero-order chi connectivity index (χ0) is 12.5. The number of ether oxygens (including phenoxy) is 1. The van der Waals surface area contributed by atoms with E-state index in [2.05, 4.69) is 38.0 Å². The van der Waals surface area contributed by atoms with Gasteiger partial charge in [-0.1, -0.05) is 0 Å². The highest BCUT2D eigenvalue weighted by molar-refractivity contribution is 4.91. The van der Waals surface area contributed by atoms with Crippen LogP contribution in [0.3, 0.4) is 0 Å². The second kappa shape index (κ2) is 5.25. The molecular formula is C14H28N2O. The maximum Gasteiger partial charge on any atom is 0.0565 e. The van der Waals surface area contributed by atoms with Crippen LogP contribution in [0.25, 0.3) is 0 Å². The van der Waals surface area contributed by atoms with Gasteiger partial charge in [-0.25, -0.2) is 0 Å². The lowest BCUT2D eigenvalue weighted by atomic mass is 9.87. The van der Waals surface area contributed by atoms with Crippen LogP contribution in [0.15, 0.2) is 0 Å². The van der Waals surface area contributed by atoms with Crippen molar-refractivity contribution in [2.75, 3.05) is 20.1 Å². The van der Waals surface area contributed by atoms with E-state index in [1.165, 1.54) is 38.8 Å². The monoisotopic (exact) mass is 240 g/mol. The van der Waals surface area contributed by atoms with Gasteiger partial charge in [0.1, 0.15) is 0 Å². The third-order valence-electron chi connectivity index (χ3n) is 4.69. The van der Waals surface area contributed by atoms with Crippen molar-refractivity contribution in [3.05, 3.63) is 0 Å². The summed E-state index contributed by atoms with van der Waals surface area (Å²) < 4.78 is 5.83. The quantitative estimate of drug-likeness (QED) is 0.799. The van der Waals surface area contributed by atoms with E-state index in [0.29, 0.717) is 17.7 Å². The minimum atomic E-state index is 0.360. The van der Waals surface area contributed by atoms with Crippen molar-refractivity contribution in [2.45, 2.75) is 70.2 Å². The molecule has 0 radical (unpaired) electrons. The van der Waals surface area contributed by atoms with Gasteiger partial charge in [-0.15, -0.1) is 0 Å². The molecule has 0 aromatic heterocycles. The summed E-state index contributed by atoms with van der Waals surface area (Å²) in [6, 6.07) is 0.746. The number of rotatable bonds is 2. The summed E-state index contributed by atoms with van der Waals surface area (Å²) in [4.78, 5) is 2.69. The van der Waals surface area contributed by atoms with E-state index in [4.69, 9.17) is 4.74 Å². The van der Waals surface area contributed by atoms with E-state index >= 15 is 0 Å². The van der Waals surface area contributed by atoms with Crippen molar-refractivity contribution in [2.24, 2.45) is 0 Å². The molecule has 0 aromatic carbocycles. The molecule has 3 heteroatoms. The van der Waals surface area contributed by atoms with Crippen LogP contribution in [0, 0.1) is 0 Å². The Morgan fingerprint density at radius 2 is 1.65 bits per heavy atom. The number of hydrogen-bond donors (Lipinski definition) is 1. The van der Waals surface area contributed by atoms with Crippen LogP contribution < -0.4 is 5.32 Å². The summed E-state index contributed by atoms with van der Waals surface area (Å²) in [7, 11) is 2.09. The molecule has 2 unspecified atom stereocenters. The molecule has 0 saturated carbocycles. The van der Waals surface area contributed by atoms with Crippen molar-refractivity contribution >= 4 is 0 Å². The minimum absolute atomic E-state index is 0.360. The standard InChI is InChI=1S/C14H28N2O/c1-11-9-13(10-12(2)17-11)16-7-5-14(3,15-4)6-8-16/h11-13,15H,5-10H2,1-4H3. The lowest BCUT2D eigenvalue weighted by molar-refractivity contribution is -0.0706. The third-order valence-corrected chi connectivity index (χ3v) is 4.69. The normalized spacial score (nSPS) is 39.2. The van der Waals surface area contributed by atoms with Crippen molar-refractivity contribution in [1.29, 1.82) is 0 Å². The fourth-order valence-electron chi connectivity index (χ4n) is 3.30. The van der Waals surface area contributed by atoms with Gasteiger partial charge in [0, 0.05) is 24.7 Å². The van der Waals surface area contributed by atoms with Crippen molar-refractivity contribution < 1.29 is 4.74 Å². The second-order valence-electron chi connectivity index (χ2n) is 6.23. The number of nitrogens with one attached hydrogen (secondary N) is 1. The molecule has 0 amide bonds. The van der Waals surface area contributed by atoms with Gasteiger partial charge in [-0.05, 0) is 53.5 Å². The van der Waals surface area contributed by atoms with Crippen LogP contribution in [-0.4, -0.2) is 48.8 Å². The molecule has 0 aromatic rings. The highest BCUT2D eigenvalue weighted by atomic mass is 16.5. The number of piperidine rings is 1. The third kappa shape index (κ3) is 3.21. The zero-order valence-electron chi connectivity index (χ0n) is 11.8. The molecule has 2 rings (SSSR count). The fraction of sp³-hybridized carbons (Fsp3) is 1.00. The first-order valence-corrected chi connectivity index (χ1v) is 7.11. The van der Waals surface area contributed by atoms with Crippen molar-refractivity contribution in [3.63, 3.8) is 0 Å². The van der Waals surface area contributed by atoms with E-state index in [1.807, 2.05) is 0 Å². The highest BCUT2D eigenvalue weighted by Gasteiger charge is 2.34. The second-order valence-corrected chi connectivity index (χ2v) is 6.23. The Balaban J connectivity index is 1.88. The smallest absolute Gasteiger partial charge is 0.0565 e. The Hall–Kier alpha value is -0.120. The Kier molecular flexibility index (Phi) is 4.11. The van der Waals surface area contributed by atoms with Crippen LogP contribution in [0.5, 0.6) is 0 Å². The molecule has 2 fully saturated rings. The molecule has 0 aliphatic carbocycles. The molecule has 100 valence electrons. The molecule has 0 bridgehead atoms. The highest BCUT2D eigenvalue weighted by Crippen LogP contribution is 2.28. The van der Waals surface area contributed by atoms with Crippen LogP contribution in [0.4, 0.5) is 0 Å². The van der Waals surface area contributed by atoms with Crippen LogP contribution in [-0.2, 0) is 4.74 Å². The van der Waals surface area contributed by atoms with Crippen molar-refractivity contribution in [3.8, 4) is 0 Å². The lowest BCUT2D eigenvalue weighted by Crippen LogP contribution is -2.54.